The lowest BCUT2D eigenvalue weighted by Crippen LogP contribution is -2.38. The number of carbonyl (C=O) groups excluding carboxylic acids is 1. The standard InChI is InChI=1S/C19H21N3O3/c1-11-16(12-5-3-2-4-6-12)9-22(21-11)10-18(23)20-17-8-15(19(24)25)13-7-14(13)17/h2-6,9,13-15,17H,7-8,10H2,1H3,(H,20,23)(H,24,25)/t13-,14+,15-,17+/m0/s1. The number of carboxylic acids is 1. The molecule has 1 aromatic carbocycles. The summed E-state index contributed by atoms with van der Waals surface area (Å²) in [5.74, 6) is -0.557. The predicted octanol–water partition coefficient (Wildman–Crippen LogP) is 2.08. The van der Waals surface area contributed by atoms with E-state index in [1.165, 1.54) is 0 Å². The molecule has 25 heavy (non-hydrogen) atoms. The summed E-state index contributed by atoms with van der Waals surface area (Å²) in [6, 6.07) is 9.95. The highest BCUT2D eigenvalue weighted by atomic mass is 16.4. The SMILES string of the molecule is Cc1nn(CC(=O)N[C@@H]2C[C@H](C(=O)O)[C@H]3C[C@H]32)cc1-c1ccccc1. The summed E-state index contributed by atoms with van der Waals surface area (Å²) in [6.07, 6.45) is 3.35. The van der Waals surface area contributed by atoms with Crippen LogP contribution in [0.2, 0.25) is 0 Å². The van der Waals surface area contributed by atoms with Crippen molar-refractivity contribution in [3.63, 3.8) is 0 Å². The van der Waals surface area contributed by atoms with E-state index in [-0.39, 0.29) is 30.3 Å². The number of aliphatic carboxylic acids is 1. The Labute approximate surface area is 145 Å². The summed E-state index contributed by atoms with van der Waals surface area (Å²) >= 11 is 0. The third kappa shape index (κ3) is 3.04. The fraction of sp³-hybridized carbons (Fsp3) is 0.421. The molecule has 4 atom stereocenters. The van der Waals surface area contributed by atoms with Crippen LogP contribution in [0.3, 0.4) is 0 Å². The van der Waals surface area contributed by atoms with Gasteiger partial charge in [-0.2, -0.15) is 5.10 Å². The van der Waals surface area contributed by atoms with Crippen molar-refractivity contribution < 1.29 is 14.7 Å². The molecule has 0 aliphatic heterocycles. The minimum Gasteiger partial charge on any atom is -0.481 e. The van der Waals surface area contributed by atoms with Gasteiger partial charge in [-0.25, -0.2) is 0 Å². The number of carboxylic acid groups (broad SMARTS) is 1. The van der Waals surface area contributed by atoms with Crippen LogP contribution < -0.4 is 5.32 Å². The quantitative estimate of drug-likeness (QED) is 0.873. The molecule has 2 N–H and O–H groups in total. The summed E-state index contributed by atoms with van der Waals surface area (Å²) in [7, 11) is 0. The van der Waals surface area contributed by atoms with Gasteiger partial charge in [-0.1, -0.05) is 30.3 Å². The fourth-order valence-corrected chi connectivity index (χ4v) is 4.13. The lowest BCUT2D eigenvalue weighted by molar-refractivity contribution is -0.142. The molecule has 0 radical (unpaired) electrons. The van der Waals surface area contributed by atoms with Gasteiger partial charge in [-0.3, -0.25) is 14.3 Å². The molecule has 2 aromatic rings. The molecule has 2 saturated carbocycles. The van der Waals surface area contributed by atoms with Gasteiger partial charge in [-0.15, -0.1) is 0 Å². The second-order valence-corrected chi connectivity index (χ2v) is 7.11. The topological polar surface area (TPSA) is 84.2 Å². The zero-order valence-corrected chi connectivity index (χ0v) is 14.1. The van der Waals surface area contributed by atoms with E-state index in [4.69, 9.17) is 0 Å². The van der Waals surface area contributed by atoms with Crippen LogP contribution in [0.5, 0.6) is 0 Å². The zero-order valence-electron chi connectivity index (χ0n) is 14.1. The van der Waals surface area contributed by atoms with Crippen molar-refractivity contribution in [3.8, 4) is 11.1 Å². The number of hydrogen-bond acceptors (Lipinski definition) is 3. The lowest BCUT2D eigenvalue weighted by atomic mass is 10.0. The molecule has 1 heterocycles. The molecule has 2 aliphatic rings. The van der Waals surface area contributed by atoms with Gasteiger partial charge in [-0.05, 0) is 37.2 Å². The molecule has 2 fully saturated rings. The summed E-state index contributed by atoms with van der Waals surface area (Å²) in [6.45, 7) is 2.08. The van der Waals surface area contributed by atoms with E-state index in [0.717, 1.165) is 23.2 Å². The van der Waals surface area contributed by atoms with Gasteiger partial charge in [0.05, 0.1) is 11.6 Å². The molecule has 0 bridgehead atoms. The number of aromatic nitrogens is 2. The highest BCUT2D eigenvalue weighted by molar-refractivity contribution is 5.77. The van der Waals surface area contributed by atoms with Crippen molar-refractivity contribution in [2.24, 2.45) is 17.8 Å². The van der Waals surface area contributed by atoms with Gasteiger partial charge >= 0.3 is 5.97 Å². The van der Waals surface area contributed by atoms with E-state index in [9.17, 15) is 14.7 Å². The van der Waals surface area contributed by atoms with Crippen LogP contribution >= 0.6 is 0 Å². The molecule has 2 aliphatic carbocycles. The Kier molecular flexibility index (Phi) is 3.82. The molecule has 130 valence electrons. The first-order valence-electron chi connectivity index (χ1n) is 8.64. The van der Waals surface area contributed by atoms with E-state index in [0.29, 0.717) is 12.3 Å². The van der Waals surface area contributed by atoms with Crippen LogP contribution in [-0.2, 0) is 16.1 Å². The predicted molar refractivity (Wildman–Crippen MR) is 91.7 cm³/mol. The number of benzene rings is 1. The molecule has 0 spiro atoms. The number of rotatable bonds is 5. The van der Waals surface area contributed by atoms with Gasteiger partial charge in [0.1, 0.15) is 6.54 Å². The maximum absolute atomic E-state index is 12.3. The second kappa shape index (κ2) is 6.02. The Bertz CT molecular complexity index is 815. The van der Waals surface area contributed by atoms with E-state index in [1.807, 2.05) is 43.5 Å². The molecule has 0 unspecified atom stereocenters. The number of carbonyl (C=O) groups is 2. The third-order valence-corrected chi connectivity index (χ3v) is 5.43. The van der Waals surface area contributed by atoms with Crippen LogP contribution in [0, 0.1) is 24.7 Å². The summed E-state index contributed by atoms with van der Waals surface area (Å²) in [5.41, 5.74) is 2.98. The Morgan fingerprint density at radius 1 is 1.24 bits per heavy atom. The molecule has 1 amide bonds. The van der Waals surface area contributed by atoms with Gasteiger partial charge in [0.25, 0.3) is 0 Å². The number of fused-ring (bicyclic) bond motifs is 1. The highest BCUT2D eigenvalue weighted by Gasteiger charge is 2.57. The molecule has 6 heteroatoms. The monoisotopic (exact) mass is 339 g/mol. The smallest absolute Gasteiger partial charge is 0.306 e. The van der Waals surface area contributed by atoms with Gasteiger partial charge in [0.2, 0.25) is 5.91 Å². The Morgan fingerprint density at radius 3 is 2.68 bits per heavy atom. The first kappa shape index (κ1) is 15.9. The Balaban J connectivity index is 1.40. The molecular formula is C19H21N3O3. The van der Waals surface area contributed by atoms with Crippen molar-refractivity contribution in [2.45, 2.75) is 32.4 Å². The van der Waals surface area contributed by atoms with E-state index < -0.39 is 5.97 Å². The second-order valence-electron chi connectivity index (χ2n) is 7.11. The van der Waals surface area contributed by atoms with Crippen molar-refractivity contribution in [3.05, 3.63) is 42.2 Å². The minimum atomic E-state index is -0.737. The zero-order chi connectivity index (χ0) is 17.6. The van der Waals surface area contributed by atoms with Gasteiger partial charge in [0, 0.05) is 17.8 Å². The molecule has 6 nitrogen and oxygen atoms in total. The lowest BCUT2D eigenvalue weighted by Gasteiger charge is -2.15. The van der Waals surface area contributed by atoms with E-state index in [2.05, 4.69) is 10.4 Å². The van der Waals surface area contributed by atoms with Crippen LogP contribution in [0.1, 0.15) is 18.5 Å². The first-order chi connectivity index (χ1) is 12.0. The van der Waals surface area contributed by atoms with Crippen molar-refractivity contribution >= 4 is 11.9 Å². The summed E-state index contributed by atoms with van der Waals surface area (Å²) in [5, 5.41) is 16.7. The van der Waals surface area contributed by atoms with Gasteiger partial charge in [0.15, 0.2) is 0 Å². The van der Waals surface area contributed by atoms with Crippen molar-refractivity contribution in [1.82, 2.24) is 15.1 Å². The number of amides is 1. The highest BCUT2D eigenvalue weighted by Crippen LogP contribution is 2.55. The maximum atomic E-state index is 12.3. The Morgan fingerprint density at radius 2 is 2.00 bits per heavy atom. The molecule has 0 saturated heterocycles. The third-order valence-electron chi connectivity index (χ3n) is 5.43. The normalized spacial score (nSPS) is 26.9. The van der Waals surface area contributed by atoms with Crippen LogP contribution in [0.15, 0.2) is 36.5 Å². The summed E-state index contributed by atoms with van der Waals surface area (Å²) < 4.78 is 1.65. The fourth-order valence-electron chi connectivity index (χ4n) is 4.13. The number of hydrogen-bond donors (Lipinski definition) is 2. The van der Waals surface area contributed by atoms with Crippen LogP contribution in [0.25, 0.3) is 11.1 Å². The molecule has 1 aromatic heterocycles. The summed E-state index contributed by atoms with van der Waals surface area (Å²) in [4.78, 5) is 23.6. The first-order valence-corrected chi connectivity index (χ1v) is 8.64. The maximum Gasteiger partial charge on any atom is 0.306 e. The van der Waals surface area contributed by atoms with Crippen molar-refractivity contribution in [2.75, 3.05) is 0 Å². The molecular weight excluding hydrogens is 318 g/mol. The van der Waals surface area contributed by atoms with Crippen molar-refractivity contribution in [1.29, 1.82) is 0 Å². The van der Waals surface area contributed by atoms with E-state index >= 15 is 0 Å². The van der Waals surface area contributed by atoms with Crippen LogP contribution in [-0.4, -0.2) is 32.8 Å². The average Bonchev–Trinajstić information content (AvgIpc) is 3.17. The number of aryl methyl sites for hydroxylation is 1. The largest absolute Gasteiger partial charge is 0.481 e. The van der Waals surface area contributed by atoms with Gasteiger partial charge < -0.3 is 10.4 Å². The number of nitrogens with zero attached hydrogens (tertiary/aromatic N) is 2. The minimum absolute atomic E-state index is 0.0103. The molecule has 4 rings (SSSR count). The van der Waals surface area contributed by atoms with Crippen LogP contribution in [0.4, 0.5) is 0 Å². The van der Waals surface area contributed by atoms with E-state index in [1.54, 1.807) is 4.68 Å². The Hall–Kier alpha value is -2.63. The average molecular weight is 339 g/mol. The number of nitrogens with one attached hydrogen (secondary N) is 1.